The minimum atomic E-state index is 0. The lowest BCUT2D eigenvalue weighted by Gasteiger charge is -2.30. The average molecular weight is 392 g/mol. The third-order valence-corrected chi connectivity index (χ3v) is 4.24. The number of carbonyl (C=O) groups excluding carboxylic acids is 1. The van der Waals surface area contributed by atoms with Gasteiger partial charge in [0.25, 0.3) is 0 Å². The minimum Gasteiger partial charge on any atom is -0.494 e. The molecule has 0 radical (unpaired) electrons. The molecule has 2 unspecified atom stereocenters. The zero-order valence-corrected chi connectivity index (χ0v) is 15.2. The summed E-state index contributed by atoms with van der Waals surface area (Å²) in [5, 5.41) is 6.47. The first-order valence-corrected chi connectivity index (χ1v) is 8.33. The first kappa shape index (κ1) is 19.3. The van der Waals surface area contributed by atoms with Crippen molar-refractivity contribution in [1.29, 1.82) is 0 Å². The summed E-state index contributed by atoms with van der Waals surface area (Å²) < 4.78 is 6.63. The van der Waals surface area contributed by atoms with E-state index in [1.165, 1.54) is 0 Å². The molecule has 0 saturated carbocycles. The van der Waals surface area contributed by atoms with Gasteiger partial charge >= 0.3 is 0 Å². The van der Waals surface area contributed by atoms with Crippen molar-refractivity contribution in [1.82, 2.24) is 10.6 Å². The highest BCUT2D eigenvalue weighted by Gasteiger charge is 2.22. The molecule has 0 aromatic heterocycles. The fraction of sp³-hybridized carbons (Fsp3) is 0.562. The largest absolute Gasteiger partial charge is 0.494 e. The van der Waals surface area contributed by atoms with Crippen molar-refractivity contribution in [2.45, 2.75) is 32.2 Å². The van der Waals surface area contributed by atoms with Gasteiger partial charge in [0.05, 0.1) is 6.61 Å². The Morgan fingerprint density at radius 1 is 1.50 bits per heavy atom. The fourth-order valence-electron chi connectivity index (χ4n) is 2.49. The van der Waals surface area contributed by atoms with E-state index in [-0.39, 0.29) is 18.3 Å². The van der Waals surface area contributed by atoms with Crippen LogP contribution in [0, 0.1) is 5.92 Å². The predicted octanol–water partition coefficient (Wildman–Crippen LogP) is 3.14. The summed E-state index contributed by atoms with van der Waals surface area (Å²) in [5.74, 6) is 1.46. The van der Waals surface area contributed by atoms with Gasteiger partial charge in [0.2, 0.25) is 5.91 Å². The van der Waals surface area contributed by atoms with Crippen LogP contribution in [0.3, 0.4) is 0 Å². The van der Waals surface area contributed by atoms with Crippen LogP contribution in [-0.4, -0.2) is 31.6 Å². The molecule has 1 aliphatic heterocycles. The van der Waals surface area contributed by atoms with Crippen LogP contribution in [0.4, 0.5) is 0 Å². The van der Waals surface area contributed by atoms with E-state index in [0.29, 0.717) is 25.0 Å². The molecule has 0 spiro atoms. The van der Waals surface area contributed by atoms with Crippen molar-refractivity contribution >= 4 is 34.2 Å². The maximum absolute atomic E-state index is 11.9. The van der Waals surface area contributed by atoms with Crippen molar-refractivity contribution in [2.75, 3.05) is 19.7 Å². The normalized spacial score (nSPS) is 20.8. The lowest BCUT2D eigenvalue weighted by molar-refractivity contribution is -0.122. The molecule has 22 heavy (non-hydrogen) atoms. The topological polar surface area (TPSA) is 50.4 Å². The van der Waals surface area contributed by atoms with Crippen LogP contribution in [0.1, 0.15) is 26.2 Å². The third-order valence-electron chi connectivity index (χ3n) is 3.74. The Hall–Kier alpha value is -0.780. The van der Waals surface area contributed by atoms with Crippen LogP contribution in [0.5, 0.6) is 5.75 Å². The summed E-state index contributed by atoms with van der Waals surface area (Å²) in [6, 6.07) is 8.05. The second-order valence-electron chi connectivity index (χ2n) is 5.55. The van der Waals surface area contributed by atoms with E-state index >= 15 is 0 Å². The first-order valence-electron chi connectivity index (χ1n) is 7.53. The molecular formula is C16H24BrClN2O2. The number of ether oxygens (including phenoxy) is 1. The number of piperidine rings is 1. The lowest BCUT2D eigenvalue weighted by Crippen LogP contribution is -2.48. The summed E-state index contributed by atoms with van der Waals surface area (Å²) in [6.07, 6.45) is 2.27. The molecular weight excluding hydrogens is 368 g/mol. The van der Waals surface area contributed by atoms with Crippen LogP contribution < -0.4 is 15.4 Å². The van der Waals surface area contributed by atoms with Gasteiger partial charge in [0, 0.05) is 16.9 Å². The summed E-state index contributed by atoms with van der Waals surface area (Å²) in [5.41, 5.74) is 0. The van der Waals surface area contributed by atoms with Gasteiger partial charge in [-0.25, -0.2) is 0 Å². The predicted molar refractivity (Wildman–Crippen MR) is 94.7 cm³/mol. The maximum Gasteiger partial charge on any atom is 0.220 e. The highest BCUT2D eigenvalue weighted by molar-refractivity contribution is 9.10. The van der Waals surface area contributed by atoms with Gasteiger partial charge in [-0.2, -0.15) is 0 Å². The Kier molecular flexibility index (Phi) is 8.83. The van der Waals surface area contributed by atoms with Crippen molar-refractivity contribution in [2.24, 2.45) is 5.92 Å². The van der Waals surface area contributed by atoms with Crippen LogP contribution in [0.2, 0.25) is 0 Å². The maximum atomic E-state index is 11.9. The zero-order chi connectivity index (χ0) is 15.1. The molecule has 1 fully saturated rings. The molecule has 0 aliphatic carbocycles. The molecule has 1 saturated heterocycles. The molecule has 1 aromatic rings. The molecule has 2 N–H and O–H groups in total. The van der Waals surface area contributed by atoms with Crippen molar-refractivity contribution < 1.29 is 9.53 Å². The Morgan fingerprint density at radius 2 is 2.32 bits per heavy atom. The van der Waals surface area contributed by atoms with Crippen LogP contribution in [-0.2, 0) is 4.79 Å². The van der Waals surface area contributed by atoms with Gasteiger partial charge in [-0.15, -0.1) is 12.4 Å². The van der Waals surface area contributed by atoms with Crippen molar-refractivity contribution in [3.8, 4) is 5.75 Å². The Balaban J connectivity index is 0.00000242. The molecule has 2 atom stereocenters. The van der Waals surface area contributed by atoms with E-state index in [1.54, 1.807) is 0 Å². The van der Waals surface area contributed by atoms with Crippen LogP contribution in [0.15, 0.2) is 28.7 Å². The summed E-state index contributed by atoms with van der Waals surface area (Å²) in [7, 11) is 0. The number of rotatable bonds is 6. The Bertz CT molecular complexity index is 473. The lowest BCUT2D eigenvalue weighted by atomic mass is 9.95. The highest BCUT2D eigenvalue weighted by Crippen LogP contribution is 2.18. The van der Waals surface area contributed by atoms with Crippen molar-refractivity contribution in [3.63, 3.8) is 0 Å². The summed E-state index contributed by atoms with van der Waals surface area (Å²) >= 11 is 3.41. The summed E-state index contributed by atoms with van der Waals surface area (Å²) in [4.78, 5) is 11.9. The molecule has 4 nitrogen and oxygen atoms in total. The van der Waals surface area contributed by atoms with Gasteiger partial charge in [-0.1, -0.05) is 28.9 Å². The smallest absolute Gasteiger partial charge is 0.220 e. The second-order valence-corrected chi connectivity index (χ2v) is 6.47. The molecule has 2 rings (SSSR count). The fourth-order valence-corrected chi connectivity index (χ4v) is 2.87. The molecule has 6 heteroatoms. The second kappa shape index (κ2) is 10.1. The number of carbonyl (C=O) groups is 1. The Labute approximate surface area is 146 Å². The Morgan fingerprint density at radius 3 is 3.05 bits per heavy atom. The van der Waals surface area contributed by atoms with E-state index in [9.17, 15) is 4.79 Å². The number of benzene rings is 1. The average Bonchev–Trinajstić information content (AvgIpc) is 2.46. The van der Waals surface area contributed by atoms with E-state index in [2.05, 4.69) is 33.5 Å². The zero-order valence-electron chi connectivity index (χ0n) is 12.8. The third kappa shape index (κ3) is 6.55. The van der Waals surface area contributed by atoms with Gasteiger partial charge in [0.1, 0.15) is 5.75 Å². The van der Waals surface area contributed by atoms with Gasteiger partial charge < -0.3 is 15.4 Å². The molecule has 0 bridgehead atoms. The van der Waals surface area contributed by atoms with E-state index in [4.69, 9.17) is 4.74 Å². The monoisotopic (exact) mass is 390 g/mol. The quantitative estimate of drug-likeness (QED) is 0.733. The number of hydrogen-bond acceptors (Lipinski definition) is 3. The van der Waals surface area contributed by atoms with Crippen LogP contribution >= 0.6 is 28.3 Å². The number of hydrogen-bond donors (Lipinski definition) is 2. The SMILES string of the molecule is CC1CNCCC1NC(=O)CCCOc1cccc(Br)c1.Cl. The minimum absolute atomic E-state index is 0. The molecule has 1 aromatic carbocycles. The number of amides is 1. The summed E-state index contributed by atoms with van der Waals surface area (Å²) in [6.45, 7) is 4.71. The van der Waals surface area contributed by atoms with E-state index in [0.717, 1.165) is 36.2 Å². The number of nitrogens with one attached hydrogen (secondary N) is 2. The molecule has 124 valence electrons. The van der Waals surface area contributed by atoms with Gasteiger partial charge in [-0.3, -0.25) is 4.79 Å². The van der Waals surface area contributed by atoms with E-state index in [1.807, 2.05) is 24.3 Å². The molecule has 1 amide bonds. The van der Waals surface area contributed by atoms with Gasteiger partial charge in [0.15, 0.2) is 0 Å². The molecule has 1 aliphatic rings. The van der Waals surface area contributed by atoms with Gasteiger partial charge in [-0.05, 0) is 50.0 Å². The standard InChI is InChI=1S/C16H23BrN2O2.ClH/c1-12-11-18-8-7-15(12)19-16(20)6-3-9-21-14-5-2-4-13(17)10-14;/h2,4-5,10,12,15,18H,3,6-9,11H2,1H3,(H,19,20);1H. The molecule has 1 heterocycles. The van der Waals surface area contributed by atoms with Crippen LogP contribution in [0.25, 0.3) is 0 Å². The highest BCUT2D eigenvalue weighted by atomic mass is 79.9. The van der Waals surface area contributed by atoms with Crippen molar-refractivity contribution in [3.05, 3.63) is 28.7 Å². The number of halogens is 2. The first-order chi connectivity index (χ1) is 10.1. The van der Waals surface area contributed by atoms with E-state index < -0.39 is 0 Å².